The van der Waals surface area contributed by atoms with Gasteiger partial charge in [-0.15, -0.1) is 0 Å². The summed E-state index contributed by atoms with van der Waals surface area (Å²) in [7, 11) is 0. The van der Waals surface area contributed by atoms with Crippen LogP contribution in [0, 0.1) is 23.5 Å². The maximum absolute atomic E-state index is 13.3. The highest BCUT2D eigenvalue weighted by Gasteiger charge is 2.34. The van der Waals surface area contributed by atoms with E-state index < -0.39 is 5.97 Å². The van der Waals surface area contributed by atoms with Crippen LogP contribution in [0.15, 0.2) is 48.5 Å². The Morgan fingerprint density at radius 1 is 1.04 bits per heavy atom. The van der Waals surface area contributed by atoms with E-state index in [1.54, 1.807) is 24.3 Å². The van der Waals surface area contributed by atoms with Crippen LogP contribution in [0.2, 0.25) is 0 Å². The van der Waals surface area contributed by atoms with Crippen LogP contribution in [0.5, 0.6) is 0 Å². The molecule has 0 spiro atoms. The molecule has 1 N–H and O–H groups in total. The van der Waals surface area contributed by atoms with E-state index in [9.17, 15) is 18.7 Å². The molecular formula is C22H25F2NO2. The molecule has 3 rings (SSSR count). The second-order valence-corrected chi connectivity index (χ2v) is 7.48. The van der Waals surface area contributed by atoms with Gasteiger partial charge in [-0.3, -0.25) is 4.79 Å². The molecular weight excluding hydrogens is 348 g/mol. The summed E-state index contributed by atoms with van der Waals surface area (Å²) in [6.07, 6.45) is 1.72. The van der Waals surface area contributed by atoms with Gasteiger partial charge in [0.1, 0.15) is 11.6 Å². The zero-order chi connectivity index (χ0) is 19.4. The van der Waals surface area contributed by atoms with E-state index in [4.69, 9.17) is 0 Å². The molecule has 0 saturated carbocycles. The highest BCUT2D eigenvalue weighted by molar-refractivity contribution is 5.71. The number of halogens is 2. The molecule has 0 bridgehead atoms. The third-order valence-corrected chi connectivity index (χ3v) is 5.52. The Hall–Kier alpha value is -2.27. The van der Waals surface area contributed by atoms with E-state index >= 15 is 0 Å². The molecule has 1 heterocycles. The number of aliphatic carboxylic acids is 1. The Morgan fingerprint density at radius 2 is 1.56 bits per heavy atom. The van der Waals surface area contributed by atoms with Gasteiger partial charge in [-0.1, -0.05) is 31.2 Å². The standard InChI is InChI=1S/C22H25F2NO2/c1-15-13-25(14-21(15)22(26)27)12-2-3-20(16-4-8-18(23)9-5-16)17-6-10-19(24)11-7-17/h4-11,15,20-21H,2-3,12-14H2,1H3,(H,26,27)/t15-,21-/m1/s1. The van der Waals surface area contributed by atoms with Crippen LogP contribution < -0.4 is 0 Å². The fraction of sp³-hybridized carbons (Fsp3) is 0.409. The summed E-state index contributed by atoms with van der Waals surface area (Å²) >= 11 is 0. The lowest BCUT2D eigenvalue weighted by Crippen LogP contribution is -2.24. The quantitative estimate of drug-likeness (QED) is 0.775. The van der Waals surface area contributed by atoms with E-state index in [1.807, 2.05) is 6.92 Å². The van der Waals surface area contributed by atoms with Gasteiger partial charge in [0.2, 0.25) is 0 Å². The first-order valence-corrected chi connectivity index (χ1v) is 9.40. The number of nitrogens with zero attached hydrogens (tertiary/aromatic N) is 1. The minimum absolute atomic E-state index is 0.0569. The Kier molecular flexibility index (Phi) is 6.22. The molecule has 27 heavy (non-hydrogen) atoms. The minimum Gasteiger partial charge on any atom is -0.481 e. The molecule has 0 aliphatic carbocycles. The van der Waals surface area contributed by atoms with Gasteiger partial charge >= 0.3 is 5.97 Å². The second kappa shape index (κ2) is 8.61. The van der Waals surface area contributed by atoms with Crippen LogP contribution in [0.25, 0.3) is 0 Å². The smallest absolute Gasteiger partial charge is 0.308 e. The Morgan fingerprint density at radius 3 is 2.00 bits per heavy atom. The van der Waals surface area contributed by atoms with E-state index in [1.165, 1.54) is 24.3 Å². The van der Waals surface area contributed by atoms with Crippen LogP contribution in [0.1, 0.15) is 36.8 Å². The summed E-state index contributed by atoms with van der Waals surface area (Å²) in [6, 6.07) is 12.9. The summed E-state index contributed by atoms with van der Waals surface area (Å²) in [5.74, 6) is -1.35. The van der Waals surface area contributed by atoms with Gasteiger partial charge in [0, 0.05) is 19.0 Å². The highest BCUT2D eigenvalue weighted by atomic mass is 19.1. The molecule has 0 unspecified atom stereocenters. The van der Waals surface area contributed by atoms with Gasteiger partial charge in [0.05, 0.1) is 5.92 Å². The predicted molar refractivity (Wildman–Crippen MR) is 101 cm³/mol. The first-order valence-electron chi connectivity index (χ1n) is 9.40. The lowest BCUT2D eigenvalue weighted by atomic mass is 9.87. The van der Waals surface area contributed by atoms with Gasteiger partial charge in [-0.25, -0.2) is 8.78 Å². The molecule has 0 amide bonds. The number of benzene rings is 2. The van der Waals surface area contributed by atoms with Crippen molar-refractivity contribution in [3.8, 4) is 0 Å². The number of carboxylic acid groups (broad SMARTS) is 1. The molecule has 2 aromatic rings. The summed E-state index contributed by atoms with van der Waals surface area (Å²) in [4.78, 5) is 13.5. The highest BCUT2D eigenvalue weighted by Crippen LogP contribution is 2.30. The fourth-order valence-electron chi connectivity index (χ4n) is 4.01. The molecule has 1 aliphatic heterocycles. The van der Waals surface area contributed by atoms with Gasteiger partial charge in [0.25, 0.3) is 0 Å². The molecule has 1 aliphatic rings. The molecule has 1 saturated heterocycles. The van der Waals surface area contributed by atoms with Crippen LogP contribution in [0.3, 0.4) is 0 Å². The van der Waals surface area contributed by atoms with Crippen molar-refractivity contribution < 1.29 is 18.7 Å². The van der Waals surface area contributed by atoms with Gasteiger partial charge in [-0.2, -0.15) is 0 Å². The maximum Gasteiger partial charge on any atom is 0.308 e. The van der Waals surface area contributed by atoms with Crippen molar-refractivity contribution >= 4 is 5.97 Å². The second-order valence-electron chi connectivity index (χ2n) is 7.48. The number of likely N-dealkylation sites (tertiary alicyclic amines) is 1. The summed E-state index contributed by atoms with van der Waals surface area (Å²) in [5.41, 5.74) is 2.00. The zero-order valence-electron chi connectivity index (χ0n) is 15.4. The summed E-state index contributed by atoms with van der Waals surface area (Å²) in [5, 5.41) is 9.27. The van der Waals surface area contributed by atoms with Gasteiger partial charge in [-0.05, 0) is 60.7 Å². The maximum atomic E-state index is 13.3. The lowest BCUT2D eigenvalue weighted by molar-refractivity contribution is -0.142. The van der Waals surface area contributed by atoms with Crippen LogP contribution in [-0.4, -0.2) is 35.6 Å². The van der Waals surface area contributed by atoms with Gasteiger partial charge < -0.3 is 10.0 Å². The van der Waals surface area contributed by atoms with Crippen molar-refractivity contribution in [2.45, 2.75) is 25.7 Å². The topological polar surface area (TPSA) is 40.5 Å². The third kappa shape index (κ3) is 4.92. The Labute approximate surface area is 158 Å². The Bertz CT molecular complexity index is 715. The molecule has 2 aromatic carbocycles. The molecule has 0 aromatic heterocycles. The van der Waals surface area contributed by atoms with Crippen molar-refractivity contribution in [3.05, 3.63) is 71.3 Å². The third-order valence-electron chi connectivity index (χ3n) is 5.52. The SMILES string of the molecule is C[C@@H]1CN(CCCC(c2ccc(F)cc2)c2ccc(F)cc2)C[C@H]1C(=O)O. The predicted octanol–water partition coefficient (Wildman–Crippen LogP) is 4.53. The van der Waals surface area contributed by atoms with Crippen molar-refractivity contribution in [3.63, 3.8) is 0 Å². The monoisotopic (exact) mass is 373 g/mol. The first kappa shape index (κ1) is 19.5. The van der Waals surface area contributed by atoms with Crippen LogP contribution in [-0.2, 0) is 4.79 Å². The average molecular weight is 373 g/mol. The van der Waals surface area contributed by atoms with E-state index in [0.717, 1.165) is 37.1 Å². The number of carbonyl (C=O) groups is 1. The largest absolute Gasteiger partial charge is 0.481 e. The zero-order valence-corrected chi connectivity index (χ0v) is 15.4. The number of hydrogen-bond acceptors (Lipinski definition) is 2. The first-order chi connectivity index (χ1) is 12.9. The Balaban J connectivity index is 1.66. The molecule has 0 radical (unpaired) electrons. The van der Waals surface area contributed by atoms with Crippen molar-refractivity contribution in [2.24, 2.45) is 11.8 Å². The normalized spacial score (nSPS) is 20.3. The average Bonchev–Trinajstić information content (AvgIpc) is 3.02. The molecule has 5 heteroatoms. The van der Waals surface area contributed by atoms with Gasteiger partial charge in [0.15, 0.2) is 0 Å². The summed E-state index contributed by atoms with van der Waals surface area (Å²) in [6.45, 7) is 4.20. The lowest BCUT2D eigenvalue weighted by Gasteiger charge is -2.21. The van der Waals surface area contributed by atoms with E-state index in [-0.39, 0.29) is 29.4 Å². The van der Waals surface area contributed by atoms with Crippen molar-refractivity contribution in [2.75, 3.05) is 19.6 Å². The minimum atomic E-state index is -0.722. The van der Waals surface area contributed by atoms with Crippen LogP contribution >= 0.6 is 0 Å². The number of rotatable bonds is 7. The number of carboxylic acids is 1. The van der Waals surface area contributed by atoms with Crippen molar-refractivity contribution in [1.82, 2.24) is 4.90 Å². The fourth-order valence-corrected chi connectivity index (χ4v) is 4.01. The number of hydrogen-bond donors (Lipinski definition) is 1. The molecule has 2 atom stereocenters. The van der Waals surface area contributed by atoms with E-state index in [0.29, 0.717) is 6.54 Å². The molecule has 1 fully saturated rings. The van der Waals surface area contributed by atoms with Crippen molar-refractivity contribution in [1.29, 1.82) is 0 Å². The van der Waals surface area contributed by atoms with Crippen LogP contribution in [0.4, 0.5) is 8.78 Å². The molecule has 3 nitrogen and oxygen atoms in total. The summed E-state index contributed by atoms with van der Waals surface area (Å²) < 4.78 is 26.6. The van der Waals surface area contributed by atoms with E-state index in [2.05, 4.69) is 4.90 Å². The molecule has 144 valence electrons.